The van der Waals surface area contributed by atoms with Crippen LogP contribution in [0.2, 0.25) is 5.02 Å². The number of halogens is 2. The van der Waals surface area contributed by atoms with Crippen LogP contribution in [0.1, 0.15) is 36.5 Å². The molecule has 170 valence electrons. The van der Waals surface area contributed by atoms with Crippen molar-refractivity contribution in [3.63, 3.8) is 0 Å². The Hall–Kier alpha value is -1.10. The van der Waals surface area contributed by atoms with Crippen molar-refractivity contribution < 1.29 is 14.3 Å². The highest BCUT2D eigenvalue weighted by atomic mass is 127. The quantitative estimate of drug-likeness (QED) is 0.202. The number of nitrogens with zero attached hydrogens (tertiary/aromatic N) is 2. The zero-order chi connectivity index (χ0) is 20.9. The standard InChI is InChI=1S/C21H33ClN4O3.HI/c1-3-23-21(26-13-9-17(10-14-26)29-16-6-15-28-2)25-12-11-24-20(27)18-7-4-5-8-19(18)22;/h4-5,7-8,17H,3,6,9-16H2,1-2H3,(H,23,25)(H,24,27);1H. The van der Waals surface area contributed by atoms with E-state index in [0.29, 0.717) is 29.8 Å². The summed E-state index contributed by atoms with van der Waals surface area (Å²) in [5.74, 6) is 0.708. The Kier molecular flexibility index (Phi) is 14.1. The smallest absolute Gasteiger partial charge is 0.252 e. The van der Waals surface area contributed by atoms with E-state index in [1.165, 1.54) is 0 Å². The molecule has 2 N–H and O–H groups in total. The molecule has 1 fully saturated rings. The van der Waals surface area contributed by atoms with Gasteiger partial charge in [-0.3, -0.25) is 9.79 Å². The molecule has 0 spiro atoms. The number of guanidine groups is 1. The van der Waals surface area contributed by atoms with Gasteiger partial charge in [-0.2, -0.15) is 0 Å². The summed E-state index contributed by atoms with van der Waals surface area (Å²) in [5, 5.41) is 6.67. The van der Waals surface area contributed by atoms with Gasteiger partial charge in [0.2, 0.25) is 0 Å². The number of carbonyl (C=O) groups excluding carboxylic acids is 1. The van der Waals surface area contributed by atoms with Crippen LogP contribution >= 0.6 is 35.6 Å². The number of piperidine rings is 1. The SMILES string of the molecule is CCNC(=NCCNC(=O)c1ccccc1Cl)N1CCC(OCCCOC)CC1.I. The maximum absolute atomic E-state index is 12.2. The molecule has 7 nitrogen and oxygen atoms in total. The second-order valence-corrected chi connectivity index (χ2v) is 7.28. The van der Waals surface area contributed by atoms with E-state index in [-0.39, 0.29) is 29.9 Å². The topological polar surface area (TPSA) is 75.2 Å². The molecule has 0 aliphatic carbocycles. The molecule has 1 aliphatic rings. The highest BCUT2D eigenvalue weighted by molar-refractivity contribution is 14.0. The van der Waals surface area contributed by atoms with Crippen molar-refractivity contribution in [3.05, 3.63) is 34.9 Å². The Morgan fingerprint density at radius 1 is 1.23 bits per heavy atom. The molecule has 2 rings (SSSR count). The number of methoxy groups -OCH3 is 1. The van der Waals surface area contributed by atoms with Crippen LogP contribution in [0.4, 0.5) is 0 Å². The summed E-state index contributed by atoms with van der Waals surface area (Å²) in [6, 6.07) is 7.03. The molecule has 0 atom stereocenters. The molecular formula is C21H34ClIN4O3. The lowest BCUT2D eigenvalue weighted by molar-refractivity contribution is 0.00990. The molecule has 1 aromatic carbocycles. The van der Waals surface area contributed by atoms with E-state index in [4.69, 9.17) is 21.1 Å². The van der Waals surface area contributed by atoms with Crippen molar-refractivity contribution in [2.24, 2.45) is 4.99 Å². The fourth-order valence-electron chi connectivity index (χ4n) is 3.19. The normalized spacial score (nSPS) is 14.9. The largest absolute Gasteiger partial charge is 0.385 e. The number of hydrogen-bond donors (Lipinski definition) is 2. The van der Waals surface area contributed by atoms with Gasteiger partial charge in [0.1, 0.15) is 0 Å². The van der Waals surface area contributed by atoms with Gasteiger partial charge in [-0.15, -0.1) is 24.0 Å². The molecule has 0 unspecified atom stereocenters. The highest BCUT2D eigenvalue weighted by Gasteiger charge is 2.21. The van der Waals surface area contributed by atoms with Gasteiger partial charge in [0.25, 0.3) is 5.91 Å². The van der Waals surface area contributed by atoms with Gasteiger partial charge < -0.3 is 25.0 Å². The second-order valence-electron chi connectivity index (χ2n) is 6.87. The van der Waals surface area contributed by atoms with E-state index in [1.54, 1.807) is 31.4 Å². The molecule has 1 saturated heterocycles. The molecule has 1 amide bonds. The maximum Gasteiger partial charge on any atom is 0.252 e. The number of ether oxygens (including phenoxy) is 2. The fraction of sp³-hybridized carbons (Fsp3) is 0.619. The minimum atomic E-state index is -0.178. The van der Waals surface area contributed by atoms with Crippen LogP contribution in [-0.2, 0) is 9.47 Å². The van der Waals surface area contributed by atoms with Crippen LogP contribution < -0.4 is 10.6 Å². The minimum absolute atomic E-state index is 0. The van der Waals surface area contributed by atoms with E-state index in [2.05, 4.69) is 27.4 Å². The number of benzene rings is 1. The van der Waals surface area contributed by atoms with Crippen molar-refractivity contribution >= 4 is 47.4 Å². The molecule has 0 radical (unpaired) electrons. The Balaban J connectivity index is 0.00000450. The van der Waals surface area contributed by atoms with Gasteiger partial charge in [0.15, 0.2) is 5.96 Å². The molecule has 9 heteroatoms. The summed E-state index contributed by atoms with van der Waals surface area (Å²) in [4.78, 5) is 19.1. The van der Waals surface area contributed by atoms with Crippen molar-refractivity contribution in [1.29, 1.82) is 0 Å². The summed E-state index contributed by atoms with van der Waals surface area (Å²) in [7, 11) is 1.71. The first-order chi connectivity index (χ1) is 14.2. The van der Waals surface area contributed by atoms with E-state index in [0.717, 1.165) is 58.1 Å². The number of amides is 1. The molecular weight excluding hydrogens is 519 g/mol. The number of carbonyl (C=O) groups is 1. The summed E-state index contributed by atoms with van der Waals surface area (Å²) in [5.41, 5.74) is 0.484. The van der Waals surface area contributed by atoms with Gasteiger partial charge in [0, 0.05) is 46.5 Å². The van der Waals surface area contributed by atoms with Crippen molar-refractivity contribution in [1.82, 2.24) is 15.5 Å². The minimum Gasteiger partial charge on any atom is -0.385 e. The Morgan fingerprint density at radius 3 is 2.63 bits per heavy atom. The van der Waals surface area contributed by atoms with Crippen LogP contribution in [-0.4, -0.2) is 75.9 Å². The first kappa shape index (κ1) is 26.9. The van der Waals surface area contributed by atoms with E-state index < -0.39 is 0 Å². The Bertz CT molecular complexity index is 655. The monoisotopic (exact) mass is 552 g/mol. The van der Waals surface area contributed by atoms with E-state index in [9.17, 15) is 4.79 Å². The average Bonchev–Trinajstić information content (AvgIpc) is 2.74. The molecule has 30 heavy (non-hydrogen) atoms. The van der Waals surface area contributed by atoms with Gasteiger partial charge in [-0.1, -0.05) is 23.7 Å². The lowest BCUT2D eigenvalue weighted by Gasteiger charge is -2.34. The molecule has 1 aromatic rings. The summed E-state index contributed by atoms with van der Waals surface area (Å²) in [6.07, 6.45) is 3.21. The molecule has 0 bridgehead atoms. The number of likely N-dealkylation sites (tertiary alicyclic amines) is 1. The fourth-order valence-corrected chi connectivity index (χ4v) is 3.41. The predicted octanol–water partition coefficient (Wildman–Crippen LogP) is 3.17. The molecule has 0 aromatic heterocycles. The molecule has 1 heterocycles. The zero-order valence-corrected chi connectivity index (χ0v) is 20.9. The third kappa shape index (κ3) is 9.36. The van der Waals surface area contributed by atoms with Gasteiger partial charge in [-0.25, -0.2) is 0 Å². The first-order valence-corrected chi connectivity index (χ1v) is 10.7. The highest BCUT2D eigenvalue weighted by Crippen LogP contribution is 2.15. The second kappa shape index (κ2) is 15.7. The number of rotatable bonds is 10. The summed E-state index contributed by atoms with van der Waals surface area (Å²) in [6.45, 7) is 7.13. The van der Waals surface area contributed by atoms with Crippen LogP contribution in [0, 0.1) is 0 Å². The van der Waals surface area contributed by atoms with Crippen LogP contribution in [0.15, 0.2) is 29.3 Å². The Labute approximate surface area is 201 Å². The van der Waals surface area contributed by atoms with E-state index in [1.807, 2.05) is 0 Å². The van der Waals surface area contributed by atoms with Gasteiger partial charge in [0.05, 0.1) is 23.2 Å². The molecule has 0 saturated carbocycles. The summed E-state index contributed by atoms with van der Waals surface area (Å²) < 4.78 is 11.0. The van der Waals surface area contributed by atoms with Crippen molar-refractivity contribution in [2.45, 2.75) is 32.3 Å². The van der Waals surface area contributed by atoms with E-state index >= 15 is 0 Å². The van der Waals surface area contributed by atoms with Crippen molar-refractivity contribution in [2.75, 3.05) is 53.0 Å². The average molecular weight is 553 g/mol. The lowest BCUT2D eigenvalue weighted by atomic mass is 10.1. The van der Waals surface area contributed by atoms with Crippen molar-refractivity contribution in [3.8, 4) is 0 Å². The third-order valence-corrected chi connectivity index (χ3v) is 5.03. The van der Waals surface area contributed by atoms with Crippen LogP contribution in [0.3, 0.4) is 0 Å². The van der Waals surface area contributed by atoms with Gasteiger partial charge in [-0.05, 0) is 38.3 Å². The first-order valence-electron chi connectivity index (χ1n) is 10.3. The summed E-state index contributed by atoms with van der Waals surface area (Å²) >= 11 is 6.06. The number of hydrogen-bond acceptors (Lipinski definition) is 4. The van der Waals surface area contributed by atoms with Crippen LogP contribution in [0.5, 0.6) is 0 Å². The number of nitrogens with one attached hydrogen (secondary N) is 2. The predicted molar refractivity (Wildman–Crippen MR) is 132 cm³/mol. The molecule has 1 aliphatic heterocycles. The maximum atomic E-state index is 12.2. The lowest BCUT2D eigenvalue weighted by Crippen LogP contribution is -2.47. The zero-order valence-electron chi connectivity index (χ0n) is 17.9. The third-order valence-electron chi connectivity index (χ3n) is 4.70. The Morgan fingerprint density at radius 2 is 1.97 bits per heavy atom. The van der Waals surface area contributed by atoms with Gasteiger partial charge >= 0.3 is 0 Å². The van der Waals surface area contributed by atoms with Crippen LogP contribution in [0.25, 0.3) is 0 Å². The number of aliphatic imine (C=N–C) groups is 1.